The molecule has 0 amide bonds. The van der Waals surface area contributed by atoms with E-state index in [-0.39, 0.29) is 24.0 Å². The smallest absolute Gasteiger partial charge is 0.303 e. The minimum Gasteiger partial charge on any atom is -0.481 e. The van der Waals surface area contributed by atoms with Gasteiger partial charge < -0.3 is 10.2 Å². The number of unbranched alkanes of at least 4 members (excludes halogenated alkanes) is 1. The number of carboxylic acids is 1. The molecule has 2 N–H and O–H groups in total. The van der Waals surface area contributed by atoms with Gasteiger partial charge in [-0.25, -0.2) is 0 Å². The summed E-state index contributed by atoms with van der Waals surface area (Å²) in [5.41, 5.74) is 0. The Morgan fingerprint density at radius 1 is 1.48 bits per heavy atom. The zero-order chi connectivity index (χ0) is 15.7. The highest BCUT2D eigenvalue weighted by Crippen LogP contribution is 2.32. The molecule has 4 heteroatoms. The molecule has 1 aliphatic carbocycles. The molecule has 1 rings (SSSR count). The van der Waals surface area contributed by atoms with Crippen LogP contribution >= 0.6 is 0 Å². The predicted molar refractivity (Wildman–Crippen MR) is 80.5 cm³/mol. The van der Waals surface area contributed by atoms with Gasteiger partial charge in [-0.2, -0.15) is 0 Å². The fourth-order valence-electron chi connectivity index (χ4n) is 2.44. The molecular formula is C17H24O4. The lowest BCUT2D eigenvalue weighted by Crippen LogP contribution is -2.13. The highest BCUT2D eigenvalue weighted by molar-refractivity contribution is 5.84. The average molecular weight is 292 g/mol. The maximum Gasteiger partial charge on any atom is 0.303 e. The minimum absolute atomic E-state index is 0.0720. The molecule has 0 saturated heterocycles. The first-order valence-electron chi connectivity index (χ1n) is 7.61. The molecule has 21 heavy (non-hydrogen) atoms. The molecule has 0 spiro atoms. The van der Waals surface area contributed by atoms with Crippen molar-refractivity contribution in [3.05, 3.63) is 12.2 Å². The van der Waals surface area contributed by atoms with Gasteiger partial charge in [0, 0.05) is 31.6 Å². The van der Waals surface area contributed by atoms with Crippen LogP contribution in [0.1, 0.15) is 51.9 Å². The summed E-state index contributed by atoms with van der Waals surface area (Å²) in [5, 5.41) is 18.1. The van der Waals surface area contributed by atoms with E-state index in [1.807, 2.05) is 13.0 Å². The highest BCUT2D eigenvalue weighted by Gasteiger charge is 2.32. The quantitative estimate of drug-likeness (QED) is 0.429. The third-order valence-electron chi connectivity index (χ3n) is 3.79. The van der Waals surface area contributed by atoms with Crippen molar-refractivity contribution in [1.82, 2.24) is 0 Å². The molecule has 4 nitrogen and oxygen atoms in total. The Bertz CT molecular complexity index is 441. The summed E-state index contributed by atoms with van der Waals surface area (Å²) in [7, 11) is 0. The molecule has 0 aromatic heterocycles. The van der Waals surface area contributed by atoms with E-state index in [9.17, 15) is 14.7 Å². The fraction of sp³-hybridized carbons (Fsp3) is 0.647. The third-order valence-corrected chi connectivity index (χ3v) is 3.79. The van der Waals surface area contributed by atoms with Crippen LogP contribution in [-0.4, -0.2) is 28.1 Å². The lowest BCUT2D eigenvalue weighted by atomic mass is 9.91. The van der Waals surface area contributed by atoms with Gasteiger partial charge in [0.25, 0.3) is 0 Å². The van der Waals surface area contributed by atoms with Crippen molar-refractivity contribution in [3.63, 3.8) is 0 Å². The van der Waals surface area contributed by atoms with Crippen molar-refractivity contribution in [1.29, 1.82) is 0 Å². The lowest BCUT2D eigenvalue weighted by Gasteiger charge is -2.12. The summed E-state index contributed by atoms with van der Waals surface area (Å²) in [6.45, 7) is 1.91. The molecule has 3 unspecified atom stereocenters. The Balaban J connectivity index is 2.43. The number of rotatable bonds is 7. The number of aliphatic hydroxyl groups excluding tert-OH is 1. The third kappa shape index (κ3) is 6.59. The van der Waals surface area contributed by atoms with E-state index in [0.717, 1.165) is 6.42 Å². The maximum atomic E-state index is 11.9. The van der Waals surface area contributed by atoms with Crippen molar-refractivity contribution in [3.8, 4) is 11.8 Å². The topological polar surface area (TPSA) is 74.6 Å². The number of aliphatic carboxylic acids is 1. The van der Waals surface area contributed by atoms with E-state index in [1.165, 1.54) is 0 Å². The van der Waals surface area contributed by atoms with Crippen LogP contribution in [-0.2, 0) is 9.59 Å². The molecule has 1 aliphatic rings. The number of Topliss-reactive ketones (excluding diaryl/α,β-unsaturated/α-hetero) is 1. The predicted octanol–water partition coefficient (Wildman–Crippen LogP) is 2.56. The van der Waals surface area contributed by atoms with Crippen LogP contribution in [0.4, 0.5) is 0 Å². The van der Waals surface area contributed by atoms with Crippen molar-refractivity contribution < 1.29 is 19.8 Å². The second-order valence-corrected chi connectivity index (χ2v) is 5.44. The Morgan fingerprint density at radius 3 is 2.90 bits per heavy atom. The van der Waals surface area contributed by atoms with Crippen LogP contribution in [0.25, 0.3) is 0 Å². The van der Waals surface area contributed by atoms with Crippen LogP contribution in [0, 0.1) is 23.7 Å². The maximum absolute atomic E-state index is 11.9. The Kier molecular flexibility index (Phi) is 7.78. The Hall–Kier alpha value is -1.60. The number of allylic oxidation sites excluding steroid dienone is 1. The number of hydrogen-bond donors (Lipinski definition) is 2. The monoisotopic (exact) mass is 292 g/mol. The largest absolute Gasteiger partial charge is 0.481 e. The average Bonchev–Trinajstić information content (AvgIpc) is 2.80. The Labute approximate surface area is 126 Å². The van der Waals surface area contributed by atoms with E-state index in [1.54, 1.807) is 6.08 Å². The van der Waals surface area contributed by atoms with Crippen molar-refractivity contribution in [2.75, 3.05) is 0 Å². The minimum atomic E-state index is -0.803. The van der Waals surface area contributed by atoms with Crippen molar-refractivity contribution in [2.45, 2.75) is 58.0 Å². The van der Waals surface area contributed by atoms with Crippen molar-refractivity contribution >= 4 is 11.8 Å². The molecule has 1 fully saturated rings. The van der Waals surface area contributed by atoms with Gasteiger partial charge in [0.05, 0.1) is 6.10 Å². The van der Waals surface area contributed by atoms with Gasteiger partial charge >= 0.3 is 5.97 Å². The molecule has 0 aliphatic heterocycles. The summed E-state index contributed by atoms with van der Waals surface area (Å²) in [4.78, 5) is 22.2. The van der Waals surface area contributed by atoms with Crippen LogP contribution in [0.3, 0.4) is 0 Å². The highest BCUT2D eigenvalue weighted by atomic mass is 16.4. The van der Waals surface area contributed by atoms with E-state index in [2.05, 4.69) is 11.8 Å². The number of carbonyl (C=O) groups excluding carboxylic acids is 1. The van der Waals surface area contributed by atoms with Crippen molar-refractivity contribution in [2.24, 2.45) is 11.8 Å². The van der Waals surface area contributed by atoms with Gasteiger partial charge in [-0.15, -0.1) is 11.8 Å². The summed E-state index contributed by atoms with van der Waals surface area (Å²) < 4.78 is 0. The summed E-state index contributed by atoms with van der Waals surface area (Å²) in [6.07, 6.45) is 7.15. The first kappa shape index (κ1) is 17.5. The van der Waals surface area contributed by atoms with Gasteiger partial charge in [-0.3, -0.25) is 9.59 Å². The first-order valence-corrected chi connectivity index (χ1v) is 7.61. The van der Waals surface area contributed by atoms with Gasteiger partial charge in [-0.05, 0) is 25.2 Å². The lowest BCUT2D eigenvalue weighted by molar-refractivity contribution is -0.137. The number of carbonyl (C=O) groups is 2. The second-order valence-electron chi connectivity index (χ2n) is 5.44. The molecule has 0 heterocycles. The number of hydrogen-bond acceptors (Lipinski definition) is 3. The molecule has 0 radical (unpaired) electrons. The second kappa shape index (κ2) is 9.36. The number of carboxylic acid groups (broad SMARTS) is 1. The summed E-state index contributed by atoms with van der Waals surface area (Å²) >= 11 is 0. The van der Waals surface area contributed by atoms with E-state index in [0.29, 0.717) is 32.1 Å². The SMILES string of the molecule is CCC(O)C=CC1CCC(=O)C1CC#CCCCC(=O)O. The molecule has 3 atom stereocenters. The van der Waals surface area contributed by atoms with E-state index in [4.69, 9.17) is 5.11 Å². The molecule has 1 saturated carbocycles. The molecule has 0 bridgehead atoms. The normalized spacial score (nSPS) is 23.0. The number of aliphatic hydroxyl groups is 1. The fourth-order valence-corrected chi connectivity index (χ4v) is 2.44. The zero-order valence-corrected chi connectivity index (χ0v) is 12.5. The first-order chi connectivity index (χ1) is 10.0. The Morgan fingerprint density at radius 2 is 2.24 bits per heavy atom. The van der Waals surface area contributed by atoms with Gasteiger partial charge in [0.15, 0.2) is 0 Å². The van der Waals surface area contributed by atoms with Crippen LogP contribution in [0.15, 0.2) is 12.2 Å². The summed E-state index contributed by atoms with van der Waals surface area (Å²) in [6, 6.07) is 0. The van der Waals surface area contributed by atoms with Gasteiger partial charge in [0.2, 0.25) is 0 Å². The van der Waals surface area contributed by atoms with Crippen LogP contribution < -0.4 is 0 Å². The molecular weight excluding hydrogens is 268 g/mol. The van der Waals surface area contributed by atoms with Gasteiger partial charge in [0.1, 0.15) is 5.78 Å². The van der Waals surface area contributed by atoms with E-state index < -0.39 is 12.1 Å². The molecule has 0 aromatic carbocycles. The number of ketones is 1. The molecule has 0 aromatic rings. The van der Waals surface area contributed by atoms with Gasteiger partial charge in [-0.1, -0.05) is 19.1 Å². The van der Waals surface area contributed by atoms with E-state index >= 15 is 0 Å². The van der Waals surface area contributed by atoms with Crippen LogP contribution in [0.2, 0.25) is 0 Å². The standard InChI is InChI=1S/C17H24O4/c1-2-14(18)11-9-13-10-12-16(19)15(13)7-5-3-4-6-8-17(20)21/h9,11,13-15,18H,2,4,6-8,10,12H2,1H3,(H,20,21). The zero-order valence-electron chi connectivity index (χ0n) is 12.5. The molecule has 116 valence electrons. The summed E-state index contributed by atoms with van der Waals surface area (Å²) in [5.74, 6) is 5.49. The van der Waals surface area contributed by atoms with Crippen LogP contribution in [0.5, 0.6) is 0 Å².